The van der Waals surface area contributed by atoms with Gasteiger partial charge in [0.15, 0.2) is 0 Å². The van der Waals surface area contributed by atoms with Crippen molar-refractivity contribution in [1.29, 1.82) is 0 Å². The van der Waals surface area contributed by atoms with Crippen molar-refractivity contribution < 1.29 is 13.7 Å². The Morgan fingerprint density at radius 1 is 1.09 bits per heavy atom. The van der Waals surface area contributed by atoms with Gasteiger partial charge in [0.1, 0.15) is 11.4 Å². The molecular formula is C26H23FN4O3. The highest BCUT2D eigenvalue weighted by atomic mass is 19.1. The monoisotopic (exact) mass is 458 g/mol. The average molecular weight is 458 g/mol. The second-order valence-electron chi connectivity index (χ2n) is 8.40. The minimum atomic E-state index is -0.376. The number of carbonyl (C=O) groups is 1. The number of amides is 1. The fraction of sp³-hybridized carbons (Fsp3) is 0.231. The molecule has 1 atom stereocenters. The van der Waals surface area contributed by atoms with Gasteiger partial charge in [-0.2, -0.15) is 4.98 Å². The smallest absolute Gasteiger partial charge is 0.263 e. The van der Waals surface area contributed by atoms with Crippen molar-refractivity contribution >= 4 is 5.91 Å². The fourth-order valence-electron chi connectivity index (χ4n) is 4.28. The van der Waals surface area contributed by atoms with Gasteiger partial charge in [-0.1, -0.05) is 47.6 Å². The lowest BCUT2D eigenvalue weighted by Crippen LogP contribution is -2.42. The molecule has 0 saturated carbocycles. The number of benzene rings is 2. The van der Waals surface area contributed by atoms with Gasteiger partial charge in [0, 0.05) is 24.8 Å². The Morgan fingerprint density at radius 3 is 2.76 bits per heavy atom. The highest BCUT2D eigenvalue weighted by Gasteiger charge is 2.30. The lowest BCUT2D eigenvalue weighted by Gasteiger charge is -2.31. The molecule has 8 heteroatoms. The Morgan fingerprint density at radius 2 is 1.94 bits per heavy atom. The van der Waals surface area contributed by atoms with Crippen LogP contribution in [0.25, 0.3) is 11.4 Å². The van der Waals surface area contributed by atoms with E-state index in [1.807, 2.05) is 30.3 Å². The molecule has 2 aromatic carbocycles. The first-order valence-corrected chi connectivity index (χ1v) is 11.2. The van der Waals surface area contributed by atoms with Crippen LogP contribution in [0.15, 0.2) is 82.2 Å². The zero-order valence-corrected chi connectivity index (χ0v) is 18.4. The molecule has 4 aromatic rings. The van der Waals surface area contributed by atoms with E-state index in [1.165, 1.54) is 12.1 Å². The summed E-state index contributed by atoms with van der Waals surface area (Å²) in [4.78, 5) is 32.4. The van der Waals surface area contributed by atoms with E-state index in [-0.39, 0.29) is 28.8 Å². The normalized spacial score (nSPS) is 15.9. The van der Waals surface area contributed by atoms with Crippen LogP contribution in [0.3, 0.4) is 0 Å². The lowest BCUT2D eigenvalue weighted by atomic mass is 9.97. The number of hydrogen-bond donors (Lipinski definition) is 0. The molecule has 172 valence electrons. The summed E-state index contributed by atoms with van der Waals surface area (Å²) in [6, 6.07) is 18.9. The van der Waals surface area contributed by atoms with Crippen molar-refractivity contribution in [2.75, 3.05) is 13.1 Å². The van der Waals surface area contributed by atoms with Crippen LogP contribution in [0, 0.1) is 5.82 Å². The molecule has 0 spiro atoms. The first-order chi connectivity index (χ1) is 16.6. The summed E-state index contributed by atoms with van der Waals surface area (Å²) < 4.78 is 20.5. The number of likely N-dealkylation sites (tertiary alicyclic amines) is 1. The van der Waals surface area contributed by atoms with Crippen LogP contribution in [0.1, 0.15) is 40.6 Å². The van der Waals surface area contributed by atoms with E-state index in [2.05, 4.69) is 10.1 Å². The van der Waals surface area contributed by atoms with Crippen molar-refractivity contribution in [3.05, 3.63) is 106 Å². The second kappa shape index (κ2) is 9.43. The number of carbonyl (C=O) groups excluding carboxylic acids is 1. The van der Waals surface area contributed by atoms with Crippen LogP contribution >= 0.6 is 0 Å². The third-order valence-electron chi connectivity index (χ3n) is 6.03. The molecule has 0 aliphatic carbocycles. The highest BCUT2D eigenvalue weighted by Crippen LogP contribution is 2.28. The van der Waals surface area contributed by atoms with E-state index >= 15 is 0 Å². The molecule has 7 nitrogen and oxygen atoms in total. The van der Waals surface area contributed by atoms with Gasteiger partial charge in [-0.15, -0.1) is 0 Å². The number of halogens is 1. The molecule has 1 aliphatic rings. The lowest BCUT2D eigenvalue weighted by molar-refractivity contribution is 0.0693. The maximum Gasteiger partial charge on any atom is 0.263 e. The Labute approximate surface area is 195 Å². The van der Waals surface area contributed by atoms with Crippen LogP contribution < -0.4 is 5.56 Å². The van der Waals surface area contributed by atoms with E-state index in [9.17, 15) is 14.0 Å². The molecular weight excluding hydrogens is 435 g/mol. The molecule has 0 N–H and O–H groups in total. The first kappa shape index (κ1) is 21.8. The fourth-order valence-corrected chi connectivity index (χ4v) is 4.28. The first-order valence-electron chi connectivity index (χ1n) is 11.2. The van der Waals surface area contributed by atoms with Crippen molar-refractivity contribution in [2.45, 2.75) is 25.3 Å². The van der Waals surface area contributed by atoms with Gasteiger partial charge in [0.2, 0.25) is 11.7 Å². The van der Waals surface area contributed by atoms with Crippen molar-refractivity contribution in [3.63, 3.8) is 0 Å². The Hall–Kier alpha value is -4.07. The molecule has 34 heavy (non-hydrogen) atoms. The van der Waals surface area contributed by atoms with Crippen LogP contribution in [-0.4, -0.2) is 38.6 Å². The van der Waals surface area contributed by atoms with Gasteiger partial charge in [-0.3, -0.25) is 9.59 Å². The summed E-state index contributed by atoms with van der Waals surface area (Å²) in [5, 5.41) is 3.99. The third kappa shape index (κ3) is 4.52. The average Bonchev–Trinajstić information content (AvgIpc) is 3.36. The van der Waals surface area contributed by atoms with Gasteiger partial charge >= 0.3 is 0 Å². The van der Waals surface area contributed by atoms with Gasteiger partial charge in [0.05, 0.1) is 12.5 Å². The number of nitrogens with zero attached hydrogens (tertiary/aromatic N) is 4. The van der Waals surface area contributed by atoms with Crippen molar-refractivity contribution in [2.24, 2.45) is 0 Å². The summed E-state index contributed by atoms with van der Waals surface area (Å²) in [6.45, 7) is 1.32. The van der Waals surface area contributed by atoms with Gasteiger partial charge in [-0.25, -0.2) is 4.39 Å². The van der Waals surface area contributed by atoms with Crippen LogP contribution in [0.2, 0.25) is 0 Å². The summed E-state index contributed by atoms with van der Waals surface area (Å²) in [7, 11) is 0. The Bertz CT molecular complexity index is 1370. The quantitative estimate of drug-likeness (QED) is 0.450. The number of hydrogen-bond acceptors (Lipinski definition) is 5. The van der Waals surface area contributed by atoms with Gasteiger partial charge in [-0.05, 0) is 42.7 Å². The molecule has 1 saturated heterocycles. The zero-order valence-electron chi connectivity index (χ0n) is 18.4. The second-order valence-corrected chi connectivity index (χ2v) is 8.40. The van der Waals surface area contributed by atoms with E-state index in [0.717, 1.165) is 18.4 Å². The standard InChI is InChI=1S/C26H23FN4O3/c27-21-11-4-9-19(15-21)23-28-24(34-29-23)20-10-5-13-31(17-20)26(33)22-12-6-14-30(25(22)32)16-18-7-2-1-3-8-18/h1-4,6-9,11-12,14-15,20H,5,10,13,16-17H2. The molecule has 5 rings (SSSR count). The van der Waals surface area contributed by atoms with Crippen molar-refractivity contribution in [1.82, 2.24) is 19.6 Å². The number of rotatable bonds is 5. The van der Waals surface area contributed by atoms with E-state index in [4.69, 9.17) is 4.52 Å². The summed E-state index contributed by atoms with van der Waals surface area (Å²) in [5.74, 6) is -0.111. The summed E-state index contributed by atoms with van der Waals surface area (Å²) in [5.41, 5.74) is 1.34. The summed E-state index contributed by atoms with van der Waals surface area (Å²) in [6.07, 6.45) is 3.22. The number of pyridine rings is 1. The van der Waals surface area contributed by atoms with Crippen LogP contribution in [0.4, 0.5) is 4.39 Å². The topological polar surface area (TPSA) is 81.2 Å². The predicted molar refractivity (Wildman–Crippen MR) is 124 cm³/mol. The van der Waals surface area contributed by atoms with Gasteiger partial charge < -0.3 is 14.0 Å². The van der Waals surface area contributed by atoms with Crippen LogP contribution in [0.5, 0.6) is 0 Å². The zero-order chi connectivity index (χ0) is 23.5. The molecule has 1 aliphatic heterocycles. The van der Waals surface area contributed by atoms with Crippen LogP contribution in [-0.2, 0) is 6.54 Å². The van der Waals surface area contributed by atoms with E-state index in [1.54, 1.807) is 39.9 Å². The molecule has 0 bridgehead atoms. The van der Waals surface area contributed by atoms with E-state index in [0.29, 0.717) is 36.9 Å². The Kier molecular flexibility index (Phi) is 6.03. The maximum atomic E-state index is 13.5. The molecule has 1 amide bonds. The largest absolute Gasteiger partial charge is 0.339 e. The molecule has 3 heterocycles. The van der Waals surface area contributed by atoms with Crippen molar-refractivity contribution in [3.8, 4) is 11.4 Å². The molecule has 0 radical (unpaired) electrons. The minimum absolute atomic E-state index is 0.144. The van der Waals surface area contributed by atoms with E-state index < -0.39 is 0 Å². The molecule has 1 fully saturated rings. The van der Waals surface area contributed by atoms with Gasteiger partial charge in [0.25, 0.3) is 11.5 Å². The minimum Gasteiger partial charge on any atom is -0.339 e. The highest BCUT2D eigenvalue weighted by molar-refractivity contribution is 5.94. The molecule has 1 unspecified atom stereocenters. The number of piperidine rings is 1. The SMILES string of the molecule is O=C(c1cccn(Cc2ccccc2)c1=O)N1CCCC(c2nc(-c3cccc(F)c3)no2)C1. The summed E-state index contributed by atoms with van der Waals surface area (Å²) >= 11 is 0. The third-order valence-corrected chi connectivity index (χ3v) is 6.03. The number of aromatic nitrogens is 3. The maximum absolute atomic E-state index is 13.5. The Balaban J connectivity index is 1.33. The molecule has 2 aromatic heterocycles. The predicted octanol–water partition coefficient (Wildman–Crippen LogP) is 4.11.